The van der Waals surface area contributed by atoms with Gasteiger partial charge in [-0.2, -0.15) is 0 Å². The van der Waals surface area contributed by atoms with E-state index in [2.05, 4.69) is 12.2 Å². The molecule has 1 atom stereocenters. The van der Waals surface area contributed by atoms with Crippen molar-refractivity contribution in [1.29, 1.82) is 0 Å². The number of nitrogens with one attached hydrogen (secondary N) is 2. The van der Waals surface area contributed by atoms with Gasteiger partial charge in [-0.25, -0.2) is 26.7 Å². The van der Waals surface area contributed by atoms with Gasteiger partial charge in [0.1, 0.15) is 5.69 Å². The number of benzene rings is 1. The Bertz CT molecular complexity index is 840. The zero-order chi connectivity index (χ0) is 30.7. The maximum Gasteiger partial charge on any atom is 0.319 e. The number of amides is 2. The zero-order valence-electron chi connectivity index (χ0n) is 25.1. The quantitative estimate of drug-likeness (QED) is 0.0435. The topological polar surface area (TPSA) is 68.8 Å². The van der Waals surface area contributed by atoms with Crippen LogP contribution in [-0.4, -0.2) is 38.4 Å². The minimum Gasteiger partial charge on any atom is -0.338 e. The number of hydrogen-bond donors (Lipinski definition) is 2. The monoisotopic (exact) mass is 596 g/mol. The summed E-state index contributed by atoms with van der Waals surface area (Å²) in [7, 11) is 0. The summed E-state index contributed by atoms with van der Waals surface area (Å²) in [5.74, 6) is -12.0. The molecule has 1 aromatic carbocycles. The Labute approximate surface area is 242 Å². The average Bonchev–Trinajstić information content (AvgIpc) is 2.97. The predicted octanol–water partition coefficient (Wildman–Crippen LogP) is 8.97. The third-order valence-corrected chi connectivity index (χ3v) is 6.64. The first-order valence-corrected chi connectivity index (χ1v) is 15.2. The highest BCUT2D eigenvalue weighted by atomic mass is 19.2. The van der Waals surface area contributed by atoms with Gasteiger partial charge in [-0.15, -0.1) is 0 Å². The summed E-state index contributed by atoms with van der Waals surface area (Å²) in [4.78, 5) is 12.1. The summed E-state index contributed by atoms with van der Waals surface area (Å²) in [5.41, 5.74) is -1.39. The molecule has 0 fully saturated rings. The third-order valence-electron chi connectivity index (χ3n) is 6.64. The molecule has 0 aliphatic heterocycles. The van der Waals surface area contributed by atoms with Crippen LogP contribution in [0.25, 0.3) is 0 Å². The SMILES string of the molecule is CCCCCCCCC(CCCCNC(=O)Nc1c(F)c(F)c(F)c(F)c1F)C(OCCC)(OCCC)OCCC. The maximum atomic E-state index is 13.9. The van der Waals surface area contributed by atoms with Gasteiger partial charge in [0, 0.05) is 12.5 Å². The summed E-state index contributed by atoms with van der Waals surface area (Å²) in [6.07, 6.45) is 12.0. The lowest BCUT2D eigenvalue weighted by Gasteiger charge is -2.40. The Morgan fingerprint density at radius 1 is 0.634 bits per heavy atom. The first-order valence-electron chi connectivity index (χ1n) is 15.2. The van der Waals surface area contributed by atoms with E-state index in [1.807, 2.05) is 20.8 Å². The van der Waals surface area contributed by atoms with Gasteiger partial charge in [0.05, 0.1) is 19.8 Å². The summed E-state index contributed by atoms with van der Waals surface area (Å²) >= 11 is 0. The molecule has 6 nitrogen and oxygen atoms in total. The number of ether oxygens (including phenoxy) is 3. The molecule has 0 saturated carbocycles. The van der Waals surface area contributed by atoms with Crippen LogP contribution >= 0.6 is 0 Å². The number of hydrogen-bond acceptors (Lipinski definition) is 4. The van der Waals surface area contributed by atoms with Crippen LogP contribution in [0.3, 0.4) is 0 Å². The number of urea groups is 1. The number of unbranched alkanes of at least 4 members (excludes halogenated alkanes) is 6. The summed E-state index contributed by atoms with van der Waals surface area (Å²) in [6, 6.07) is -1.07. The highest BCUT2D eigenvalue weighted by Crippen LogP contribution is 2.35. The lowest BCUT2D eigenvalue weighted by atomic mass is 9.92. The van der Waals surface area contributed by atoms with Crippen molar-refractivity contribution in [3.63, 3.8) is 0 Å². The molecule has 238 valence electrons. The Morgan fingerprint density at radius 3 is 1.56 bits per heavy atom. The number of carbonyl (C=O) groups excluding carboxylic acids is 1. The van der Waals surface area contributed by atoms with Crippen molar-refractivity contribution >= 4 is 11.7 Å². The molecule has 0 aliphatic rings. The van der Waals surface area contributed by atoms with E-state index in [1.165, 1.54) is 19.3 Å². The van der Waals surface area contributed by atoms with Crippen molar-refractivity contribution in [2.24, 2.45) is 5.92 Å². The molecule has 11 heteroatoms. The summed E-state index contributed by atoms with van der Waals surface area (Å²) in [5, 5.41) is 4.13. The molecule has 0 aromatic heterocycles. The van der Waals surface area contributed by atoms with E-state index in [0.717, 1.165) is 44.9 Å². The van der Waals surface area contributed by atoms with Crippen LogP contribution in [0.2, 0.25) is 0 Å². The fourth-order valence-electron chi connectivity index (χ4n) is 4.47. The second kappa shape index (κ2) is 20.8. The second-order valence-corrected chi connectivity index (χ2v) is 10.2. The van der Waals surface area contributed by atoms with Crippen LogP contribution in [-0.2, 0) is 14.2 Å². The molecule has 2 amide bonds. The lowest BCUT2D eigenvalue weighted by Crippen LogP contribution is -2.47. The normalized spacial score (nSPS) is 12.5. The van der Waals surface area contributed by atoms with Gasteiger partial charge in [-0.3, -0.25) is 0 Å². The predicted molar refractivity (Wildman–Crippen MR) is 150 cm³/mol. The van der Waals surface area contributed by atoms with Gasteiger partial charge in [0.25, 0.3) is 5.97 Å². The highest BCUT2D eigenvalue weighted by molar-refractivity contribution is 5.89. The van der Waals surface area contributed by atoms with E-state index in [0.29, 0.717) is 39.1 Å². The van der Waals surface area contributed by atoms with E-state index in [9.17, 15) is 26.7 Å². The molecule has 0 bridgehead atoms. The molecule has 41 heavy (non-hydrogen) atoms. The average molecular weight is 597 g/mol. The molecule has 0 aliphatic carbocycles. The van der Waals surface area contributed by atoms with E-state index in [1.54, 1.807) is 5.32 Å². The zero-order valence-corrected chi connectivity index (χ0v) is 25.1. The molecule has 0 saturated heterocycles. The number of rotatable bonds is 23. The van der Waals surface area contributed by atoms with Crippen LogP contribution in [0, 0.1) is 35.0 Å². The van der Waals surface area contributed by atoms with Gasteiger partial charge in [-0.1, -0.05) is 72.6 Å². The van der Waals surface area contributed by atoms with Crippen molar-refractivity contribution < 1.29 is 41.0 Å². The molecule has 1 rings (SSSR count). The fraction of sp³-hybridized carbons (Fsp3) is 0.767. The minimum absolute atomic E-state index is 0.0551. The van der Waals surface area contributed by atoms with Crippen molar-refractivity contribution in [2.75, 3.05) is 31.7 Å². The number of anilines is 1. The van der Waals surface area contributed by atoms with Crippen molar-refractivity contribution in [1.82, 2.24) is 5.32 Å². The second-order valence-electron chi connectivity index (χ2n) is 10.2. The third kappa shape index (κ3) is 12.4. The molecule has 2 N–H and O–H groups in total. The molecular weight excluding hydrogens is 547 g/mol. The van der Waals surface area contributed by atoms with Crippen LogP contribution in [0.4, 0.5) is 32.4 Å². The fourth-order valence-corrected chi connectivity index (χ4v) is 4.47. The summed E-state index contributed by atoms with van der Waals surface area (Å²) in [6.45, 7) is 9.84. The largest absolute Gasteiger partial charge is 0.338 e. The van der Waals surface area contributed by atoms with E-state index >= 15 is 0 Å². The highest BCUT2D eigenvalue weighted by Gasteiger charge is 2.42. The first kappa shape index (κ1) is 37.0. The van der Waals surface area contributed by atoms with Crippen molar-refractivity contribution in [3.8, 4) is 0 Å². The van der Waals surface area contributed by atoms with Crippen LogP contribution in [0.5, 0.6) is 0 Å². The Balaban J connectivity index is 2.83. The van der Waals surface area contributed by atoms with Crippen LogP contribution in [0.15, 0.2) is 0 Å². The van der Waals surface area contributed by atoms with Crippen LogP contribution in [0.1, 0.15) is 111 Å². The molecular formula is C30H49F5N2O4. The standard InChI is InChI=1S/C30H49F5N2O4/c1-5-9-10-11-12-13-16-22(30(39-19-6-2,40-20-7-3)41-21-8-4)17-14-15-18-36-29(38)37-28-26(34)24(32)23(31)25(33)27(28)35/h22H,5-21H2,1-4H3,(H2,36,37,38). The van der Waals surface area contributed by atoms with Crippen molar-refractivity contribution in [2.45, 2.75) is 117 Å². The van der Waals surface area contributed by atoms with E-state index in [4.69, 9.17) is 14.2 Å². The summed E-state index contributed by atoms with van der Waals surface area (Å²) < 4.78 is 86.6. The van der Waals surface area contributed by atoms with E-state index in [-0.39, 0.29) is 12.5 Å². The lowest BCUT2D eigenvalue weighted by molar-refractivity contribution is -0.406. The first-order chi connectivity index (χ1) is 19.7. The van der Waals surface area contributed by atoms with Crippen LogP contribution < -0.4 is 10.6 Å². The molecule has 1 aromatic rings. The Morgan fingerprint density at radius 2 is 1.07 bits per heavy atom. The number of carbonyl (C=O) groups is 1. The van der Waals surface area contributed by atoms with Gasteiger partial charge >= 0.3 is 6.03 Å². The van der Waals surface area contributed by atoms with Gasteiger partial charge in [0.15, 0.2) is 23.3 Å². The van der Waals surface area contributed by atoms with Gasteiger partial charge < -0.3 is 24.8 Å². The minimum atomic E-state index is -2.29. The smallest absolute Gasteiger partial charge is 0.319 e. The maximum absolute atomic E-state index is 13.9. The van der Waals surface area contributed by atoms with E-state index < -0.39 is 46.8 Å². The molecule has 1 unspecified atom stereocenters. The molecule has 0 spiro atoms. The number of halogens is 5. The van der Waals surface area contributed by atoms with Gasteiger partial charge in [0.2, 0.25) is 5.82 Å². The molecule has 0 radical (unpaired) electrons. The Kier molecular flexibility index (Phi) is 18.8. The van der Waals surface area contributed by atoms with Crippen molar-refractivity contribution in [3.05, 3.63) is 29.1 Å². The molecule has 0 heterocycles. The Hall–Kier alpha value is -1.98. The van der Waals surface area contributed by atoms with Gasteiger partial charge in [-0.05, 0) is 38.5 Å².